The van der Waals surface area contributed by atoms with Crippen LogP contribution in [0.5, 0.6) is 0 Å². The third-order valence-corrected chi connectivity index (χ3v) is 4.59. The molecular weight excluding hydrogens is 368 g/mol. The highest BCUT2D eigenvalue weighted by atomic mass is 79.9. The Morgan fingerprint density at radius 3 is 2.38 bits per heavy atom. The number of nitrogens with one attached hydrogen (secondary N) is 1. The molecule has 0 unspecified atom stereocenters. The Morgan fingerprint density at radius 1 is 0.917 bits per heavy atom. The number of rotatable bonds is 3. The number of amides is 2. The van der Waals surface area contributed by atoms with E-state index in [0.29, 0.717) is 16.8 Å². The van der Waals surface area contributed by atoms with Gasteiger partial charge in [-0.1, -0.05) is 28.1 Å². The van der Waals surface area contributed by atoms with Gasteiger partial charge in [-0.25, -0.2) is 0 Å². The van der Waals surface area contributed by atoms with Crippen LogP contribution in [-0.2, 0) is 0 Å². The normalized spacial score (nSPS) is 14.3. The fraction of sp³-hybridized carbons (Fsp3) is 0.263. The molecule has 0 aliphatic carbocycles. The lowest BCUT2D eigenvalue weighted by molar-refractivity contribution is 0.0724. The number of carbonyl (C=O) groups excluding carboxylic acids is 2. The quantitative estimate of drug-likeness (QED) is 0.853. The summed E-state index contributed by atoms with van der Waals surface area (Å²) in [6.07, 6.45) is 3.31. The Bertz CT molecular complexity index is 755. The monoisotopic (exact) mass is 386 g/mol. The minimum absolute atomic E-state index is 0.0354. The average Bonchev–Trinajstić information content (AvgIpc) is 2.62. The second kappa shape index (κ2) is 7.62. The summed E-state index contributed by atoms with van der Waals surface area (Å²) >= 11 is 3.36. The smallest absolute Gasteiger partial charge is 0.255 e. The van der Waals surface area contributed by atoms with Gasteiger partial charge in [-0.3, -0.25) is 9.59 Å². The summed E-state index contributed by atoms with van der Waals surface area (Å²) in [6.45, 7) is 1.63. The lowest BCUT2D eigenvalue weighted by atomic mass is 10.1. The molecule has 3 rings (SSSR count). The zero-order valence-electron chi connectivity index (χ0n) is 13.3. The van der Waals surface area contributed by atoms with Crippen molar-refractivity contribution in [3.63, 3.8) is 0 Å². The lowest BCUT2D eigenvalue weighted by Gasteiger charge is -2.26. The van der Waals surface area contributed by atoms with Crippen LogP contribution in [-0.4, -0.2) is 29.8 Å². The first-order valence-electron chi connectivity index (χ1n) is 8.10. The largest absolute Gasteiger partial charge is 0.339 e. The minimum Gasteiger partial charge on any atom is -0.339 e. The van der Waals surface area contributed by atoms with Crippen molar-refractivity contribution < 1.29 is 9.59 Å². The fourth-order valence-corrected chi connectivity index (χ4v) is 3.24. The Morgan fingerprint density at radius 2 is 1.62 bits per heavy atom. The zero-order chi connectivity index (χ0) is 16.9. The highest BCUT2D eigenvalue weighted by molar-refractivity contribution is 9.10. The first-order valence-corrected chi connectivity index (χ1v) is 8.89. The first kappa shape index (κ1) is 16.7. The topological polar surface area (TPSA) is 49.4 Å². The van der Waals surface area contributed by atoms with Crippen LogP contribution in [0.3, 0.4) is 0 Å². The molecule has 1 fully saturated rings. The van der Waals surface area contributed by atoms with E-state index in [4.69, 9.17) is 0 Å². The number of carbonyl (C=O) groups is 2. The summed E-state index contributed by atoms with van der Waals surface area (Å²) < 4.78 is 0.851. The number of nitrogens with zero attached hydrogens (tertiary/aromatic N) is 1. The maximum Gasteiger partial charge on any atom is 0.255 e. The van der Waals surface area contributed by atoms with Crippen LogP contribution in [0.15, 0.2) is 53.0 Å². The second-order valence-corrected chi connectivity index (χ2v) is 6.81. The van der Waals surface area contributed by atoms with Crippen LogP contribution in [0, 0.1) is 0 Å². The van der Waals surface area contributed by atoms with Crippen molar-refractivity contribution in [1.29, 1.82) is 0 Å². The van der Waals surface area contributed by atoms with Crippen LogP contribution in [0.1, 0.15) is 40.0 Å². The van der Waals surface area contributed by atoms with Crippen LogP contribution < -0.4 is 5.32 Å². The molecule has 1 N–H and O–H groups in total. The molecule has 1 aliphatic rings. The molecule has 4 nitrogen and oxygen atoms in total. The van der Waals surface area contributed by atoms with Gasteiger partial charge in [0.25, 0.3) is 11.8 Å². The summed E-state index contributed by atoms with van der Waals surface area (Å²) in [7, 11) is 0. The van der Waals surface area contributed by atoms with E-state index in [1.807, 2.05) is 17.0 Å². The van der Waals surface area contributed by atoms with Crippen molar-refractivity contribution in [2.45, 2.75) is 19.3 Å². The van der Waals surface area contributed by atoms with Crippen LogP contribution >= 0.6 is 15.9 Å². The van der Waals surface area contributed by atoms with E-state index in [1.165, 1.54) is 6.42 Å². The summed E-state index contributed by atoms with van der Waals surface area (Å²) in [5.74, 6) is -0.160. The molecular formula is C19H19BrN2O2. The number of halogens is 1. The van der Waals surface area contributed by atoms with E-state index in [-0.39, 0.29) is 11.8 Å². The first-order chi connectivity index (χ1) is 11.6. The average molecular weight is 387 g/mol. The second-order valence-electron chi connectivity index (χ2n) is 5.90. The van der Waals surface area contributed by atoms with Gasteiger partial charge in [0, 0.05) is 34.4 Å². The SMILES string of the molecule is O=C(Nc1cccc(C(=O)N2CCCCC2)c1)c1cccc(Br)c1. The van der Waals surface area contributed by atoms with Gasteiger partial charge in [-0.05, 0) is 55.7 Å². The number of hydrogen-bond donors (Lipinski definition) is 1. The Balaban J connectivity index is 1.73. The predicted molar refractivity (Wildman–Crippen MR) is 98.3 cm³/mol. The van der Waals surface area contributed by atoms with Crippen LogP contribution in [0.25, 0.3) is 0 Å². The van der Waals surface area contributed by atoms with Gasteiger partial charge in [0.15, 0.2) is 0 Å². The molecule has 0 saturated carbocycles. The molecule has 0 spiro atoms. The van der Waals surface area contributed by atoms with Crippen molar-refractivity contribution in [1.82, 2.24) is 4.90 Å². The van der Waals surface area contributed by atoms with Gasteiger partial charge in [0.1, 0.15) is 0 Å². The molecule has 0 bridgehead atoms. The van der Waals surface area contributed by atoms with E-state index in [1.54, 1.807) is 36.4 Å². The number of anilines is 1. The van der Waals surface area contributed by atoms with Crippen molar-refractivity contribution in [3.05, 3.63) is 64.1 Å². The molecule has 1 saturated heterocycles. The van der Waals surface area contributed by atoms with Gasteiger partial charge in [0.05, 0.1) is 0 Å². The van der Waals surface area contributed by atoms with Crippen molar-refractivity contribution >= 4 is 33.4 Å². The highest BCUT2D eigenvalue weighted by Gasteiger charge is 2.18. The van der Waals surface area contributed by atoms with E-state index >= 15 is 0 Å². The molecule has 5 heteroatoms. The number of hydrogen-bond acceptors (Lipinski definition) is 2. The summed E-state index contributed by atoms with van der Waals surface area (Å²) in [4.78, 5) is 26.8. The van der Waals surface area contributed by atoms with E-state index in [9.17, 15) is 9.59 Å². The van der Waals surface area contributed by atoms with Crippen molar-refractivity contribution in [2.75, 3.05) is 18.4 Å². The Labute approximate surface area is 150 Å². The molecule has 1 heterocycles. The van der Waals surface area contributed by atoms with Crippen molar-refractivity contribution in [2.24, 2.45) is 0 Å². The molecule has 0 atom stereocenters. The Hall–Kier alpha value is -2.14. The summed E-state index contributed by atoms with van der Waals surface area (Å²) in [5.41, 5.74) is 1.81. The maximum atomic E-state index is 12.6. The fourth-order valence-electron chi connectivity index (χ4n) is 2.84. The zero-order valence-corrected chi connectivity index (χ0v) is 14.9. The van der Waals surface area contributed by atoms with Gasteiger partial charge < -0.3 is 10.2 Å². The molecule has 24 heavy (non-hydrogen) atoms. The minimum atomic E-state index is -0.195. The standard InChI is InChI=1S/C19H19BrN2O2/c20-16-8-4-6-14(12-16)18(23)21-17-9-5-7-15(13-17)19(24)22-10-2-1-3-11-22/h4-9,12-13H,1-3,10-11H2,(H,21,23). The molecule has 2 amide bonds. The number of piperidine rings is 1. The van der Waals surface area contributed by atoms with Crippen molar-refractivity contribution in [3.8, 4) is 0 Å². The van der Waals surface area contributed by atoms with E-state index in [2.05, 4.69) is 21.2 Å². The van der Waals surface area contributed by atoms with Crippen LogP contribution in [0.2, 0.25) is 0 Å². The maximum absolute atomic E-state index is 12.6. The van der Waals surface area contributed by atoms with E-state index in [0.717, 1.165) is 30.4 Å². The number of likely N-dealkylation sites (tertiary alicyclic amines) is 1. The van der Waals surface area contributed by atoms with Gasteiger partial charge >= 0.3 is 0 Å². The van der Waals surface area contributed by atoms with Gasteiger partial charge in [-0.2, -0.15) is 0 Å². The third kappa shape index (κ3) is 4.03. The highest BCUT2D eigenvalue weighted by Crippen LogP contribution is 2.18. The van der Waals surface area contributed by atoms with Crippen LogP contribution in [0.4, 0.5) is 5.69 Å². The lowest BCUT2D eigenvalue weighted by Crippen LogP contribution is -2.35. The molecule has 1 aliphatic heterocycles. The molecule has 124 valence electrons. The molecule has 2 aromatic carbocycles. The molecule has 2 aromatic rings. The number of benzene rings is 2. The predicted octanol–water partition coefficient (Wildman–Crippen LogP) is 4.33. The molecule has 0 radical (unpaired) electrons. The van der Waals surface area contributed by atoms with Gasteiger partial charge in [-0.15, -0.1) is 0 Å². The summed E-state index contributed by atoms with van der Waals surface area (Å²) in [6, 6.07) is 14.3. The third-order valence-electron chi connectivity index (χ3n) is 4.10. The Kier molecular flexibility index (Phi) is 5.30. The molecule has 0 aromatic heterocycles. The summed E-state index contributed by atoms with van der Waals surface area (Å²) in [5, 5.41) is 2.85. The van der Waals surface area contributed by atoms with Gasteiger partial charge in [0.2, 0.25) is 0 Å². The van der Waals surface area contributed by atoms with E-state index < -0.39 is 0 Å².